The van der Waals surface area contributed by atoms with E-state index in [1.807, 2.05) is 11.6 Å². The lowest BCUT2D eigenvalue weighted by molar-refractivity contribution is -0.117. The highest BCUT2D eigenvalue weighted by molar-refractivity contribution is 5.88. The first-order valence-electron chi connectivity index (χ1n) is 8.51. The van der Waals surface area contributed by atoms with Crippen LogP contribution in [-0.2, 0) is 30.6 Å². The second-order valence-electron chi connectivity index (χ2n) is 6.36. The average molecular weight is 323 g/mol. The van der Waals surface area contributed by atoms with Gasteiger partial charge in [-0.1, -0.05) is 0 Å². The lowest BCUT2D eigenvalue weighted by Crippen LogP contribution is -2.14. The molecule has 0 bridgehead atoms. The Balaban J connectivity index is 1.81. The van der Waals surface area contributed by atoms with E-state index in [1.54, 1.807) is 0 Å². The number of carbonyl (C=O) groups is 1. The van der Waals surface area contributed by atoms with Crippen LogP contribution in [0.15, 0.2) is 18.2 Å². The molecule has 2 heterocycles. The lowest BCUT2D eigenvalue weighted by atomic mass is 9.95. The van der Waals surface area contributed by atoms with Gasteiger partial charge in [0.2, 0.25) is 5.91 Å². The van der Waals surface area contributed by atoms with E-state index < -0.39 is 5.91 Å². The van der Waals surface area contributed by atoms with Crippen LogP contribution in [0, 0.1) is 0 Å². The molecule has 0 saturated carbocycles. The summed E-state index contributed by atoms with van der Waals surface area (Å²) in [5.41, 5.74) is 10.3. The van der Waals surface area contributed by atoms with E-state index in [2.05, 4.69) is 33.3 Å². The summed E-state index contributed by atoms with van der Waals surface area (Å²) >= 11 is 0. The smallest absolute Gasteiger partial charge is 0.225 e. The summed E-state index contributed by atoms with van der Waals surface area (Å²) in [7, 11) is 0. The highest BCUT2D eigenvalue weighted by Crippen LogP contribution is 2.32. The van der Waals surface area contributed by atoms with E-state index in [9.17, 15) is 4.79 Å². The largest absolute Gasteiger partial charge is 0.369 e. The third-order valence-corrected chi connectivity index (χ3v) is 4.70. The number of hydrogen-bond donors (Lipinski definition) is 2. The van der Waals surface area contributed by atoms with E-state index >= 15 is 0 Å². The maximum atomic E-state index is 11.1. The molecule has 24 heavy (non-hydrogen) atoms. The van der Waals surface area contributed by atoms with E-state index in [0.29, 0.717) is 12.4 Å². The van der Waals surface area contributed by atoms with Gasteiger partial charge in [0, 0.05) is 28.7 Å². The molecule has 0 unspecified atom stereocenters. The second-order valence-corrected chi connectivity index (χ2v) is 6.36. The predicted molar refractivity (Wildman–Crippen MR) is 92.5 cm³/mol. The molecule has 1 amide bonds. The Kier molecular flexibility index (Phi) is 3.59. The molecule has 6 nitrogen and oxygen atoms in total. The van der Waals surface area contributed by atoms with Crippen LogP contribution >= 0.6 is 0 Å². The minimum Gasteiger partial charge on any atom is -0.369 e. The van der Waals surface area contributed by atoms with Crippen molar-refractivity contribution in [2.45, 2.75) is 45.6 Å². The molecule has 1 aliphatic carbocycles. The molecule has 0 radical (unpaired) electrons. The molecule has 0 atom stereocenters. The number of fused-ring (bicyclic) bond motifs is 3. The van der Waals surface area contributed by atoms with Crippen molar-refractivity contribution in [3.63, 3.8) is 0 Å². The number of hydrogen-bond acceptors (Lipinski definition) is 3. The zero-order valence-electron chi connectivity index (χ0n) is 13.8. The van der Waals surface area contributed by atoms with Crippen LogP contribution in [0.1, 0.15) is 36.8 Å². The van der Waals surface area contributed by atoms with Crippen LogP contribution in [-0.4, -0.2) is 25.7 Å². The van der Waals surface area contributed by atoms with Crippen LogP contribution in [0.2, 0.25) is 0 Å². The lowest BCUT2D eigenvalue weighted by Gasteiger charge is -2.10. The molecule has 1 aromatic carbocycles. The van der Waals surface area contributed by atoms with Gasteiger partial charge in [-0.05, 0) is 56.4 Å². The van der Waals surface area contributed by atoms with Crippen molar-refractivity contribution < 1.29 is 4.79 Å². The van der Waals surface area contributed by atoms with Gasteiger partial charge in [0.1, 0.15) is 0 Å². The van der Waals surface area contributed by atoms with Gasteiger partial charge in [-0.15, -0.1) is 0 Å². The van der Waals surface area contributed by atoms with Crippen LogP contribution < -0.4 is 5.73 Å². The second kappa shape index (κ2) is 5.78. The number of nitrogens with zero attached hydrogens (tertiary/aromatic N) is 3. The van der Waals surface area contributed by atoms with Crippen LogP contribution in [0.5, 0.6) is 0 Å². The number of nitrogens with one attached hydrogen (secondary N) is 1. The molecule has 124 valence electrons. The molecule has 0 saturated heterocycles. The summed E-state index contributed by atoms with van der Waals surface area (Å²) in [5, 5.41) is 5.68. The third kappa shape index (κ3) is 2.48. The summed E-state index contributed by atoms with van der Waals surface area (Å²) < 4.78 is 1.83. The number of nitrogens with two attached hydrogens (primary N) is 1. The van der Waals surface area contributed by atoms with Crippen LogP contribution in [0.25, 0.3) is 22.3 Å². The fraction of sp³-hybridized carbons (Fsp3) is 0.389. The Bertz CT molecular complexity index is 921. The number of aromatic nitrogens is 4. The quantitative estimate of drug-likeness (QED) is 0.772. The SMILES string of the molecule is CCn1nc(CC(N)=O)nc1-c1ccc2[nH]c3c(c2c1)CCCC3. The van der Waals surface area contributed by atoms with Crippen LogP contribution in [0.3, 0.4) is 0 Å². The summed E-state index contributed by atoms with van der Waals surface area (Å²) in [4.78, 5) is 19.2. The molecule has 0 spiro atoms. The first-order valence-corrected chi connectivity index (χ1v) is 8.51. The number of rotatable bonds is 4. The summed E-state index contributed by atoms with van der Waals surface area (Å²) in [5.74, 6) is 0.863. The van der Waals surface area contributed by atoms with Gasteiger partial charge in [0.25, 0.3) is 0 Å². The first-order chi connectivity index (χ1) is 11.7. The molecular weight excluding hydrogens is 302 g/mol. The average Bonchev–Trinajstić information content (AvgIpc) is 3.14. The highest BCUT2D eigenvalue weighted by atomic mass is 16.1. The van der Waals surface area contributed by atoms with Gasteiger partial charge in [0.05, 0.1) is 6.42 Å². The zero-order chi connectivity index (χ0) is 16.7. The van der Waals surface area contributed by atoms with E-state index in [4.69, 9.17) is 5.73 Å². The summed E-state index contributed by atoms with van der Waals surface area (Å²) in [6.45, 7) is 2.72. The van der Waals surface area contributed by atoms with E-state index in [1.165, 1.54) is 35.0 Å². The van der Waals surface area contributed by atoms with Crippen LogP contribution in [0.4, 0.5) is 0 Å². The molecule has 4 rings (SSSR count). The Morgan fingerprint density at radius 2 is 2.17 bits per heavy atom. The third-order valence-electron chi connectivity index (χ3n) is 4.70. The monoisotopic (exact) mass is 323 g/mol. The topological polar surface area (TPSA) is 89.6 Å². The van der Waals surface area contributed by atoms with Crippen molar-refractivity contribution in [3.8, 4) is 11.4 Å². The summed E-state index contributed by atoms with van der Waals surface area (Å²) in [6.07, 6.45) is 4.84. The number of H-pyrrole nitrogens is 1. The van der Waals surface area contributed by atoms with E-state index in [0.717, 1.165) is 24.2 Å². The standard InChI is InChI=1S/C18H21N5O/c1-2-23-18(21-17(22-23)10-16(19)24)11-7-8-15-13(9-11)12-5-3-4-6-14(12)20-15/h7-9,20H,2-6,10H2,1H3,(H2,19,24). The highest BCUT2D eigenvalue weighted by Gasteiger charge is 2.18. The minimum atomic E-state index is -0.412. The van der Waals surface area contributed by atoms with Crippen molar-refractivity contribution >= 4 is 16.8 Å². The molecule has 2 aromatic heterocycles. The van der Waals surface area contributed by atoms with Crippen molar-refractivity contribution in [1.82, 2.24) is 19.7 Å². The van der Waals surface area contributed by atoms with Gasteiger partial charge < -0.3 is 10.7 Å². The van der Waals surface area contributed by atoms with Crippen molar-refractivity contribution in [2.75, 3.05) is 0 Å². The van der Waals surface area contributed by atoms with Gasteiger partial charge in [0.15, 0.2) is 11.6 Å². The fourth-order valence-corrected chi connectivity index (χ4v) is 3.60. The number of primary amides is 1. The summed E-state index contributed by atoms with van der Waals surface area (Å²) in [6, 6.07) is 6.38. The normalized spacial score (nSPS) is 14.0. The minimum absolute atomic E-state index is 0.0712. The van der Waals surface area contributed by atoms with Crippen molar-refractivity contribution in [3.05, 3.63) is 35.3 Å². The van der Waals surface area contributed by atoms with Gasteiger partial charge in [-0.2, -0.15) is 5.10 Å². The molecule has 0 aliphatic heterocycles. The number of benzene rings is 1. The maximum Gasteiger partial charge on any atom is 0.225 e. The van der Waals surface area contributed by atoms with E-state index in [-0.39, 0.29) is 6.42 Å². The van der Waals surface area contributed by atoms with Gasteiger partial charge >= 0.3 is 0 Å². The molecule has 6 heteroatoms. The molecular formula is C18H21N5O. The fourth-order valence-electron chi connectivity index (χ4n) is 3.60. The molecule has 1 aliphatic rings. The Morgan fingerprint density at radius 3 is 2.96 bits per heavy atom. The number of aromatic amines is 1. The number of carbonyl (C=O) groups excluding carboxylic acids is 1. The van der Waals surface area contributed by atoms with Crippen molar-refractivity contribution in [2.24, 2.45) is 5.73 Å². The molecule has 3 N–H and O–H groups in total. The number of aryl methyl sites for hydroxylation is 3. The maximum absolute atomic E-state index is 11.1. The Morgan fingerprint density at radius 1 is 1.33 bits per heavy atom. The Hall–Kier alpha value is -2.63. The Labute approximate surface area is 140 Å². The molecule has 3 aromatic rings. The van der Waals surface area contributed by atoms with Gasteiger partial charge in [-0.3, -0.25) is 4.79 Å². The number of amides is 1. The zero-order valence-corrected chi connectivity index (χ0v) is 13.8. The van der Waals surface area contributed by atoms with Gasteiger partial charge in [-0.25, -0.2) is 9.67 Å². The van der Waals surface area contributed by atoms with Crippen molar-refractivity contribution in [1.29, 1.82) is 0 Å². The first kappa shape index (κ1) is 14.9. The predicted octanol–water partition coefficient (Wildman–Crippen LogP) is 2.35. The molecule has 0 fully saturated rings.